The quantitative estimate of drug-likeness (QED) is 0.433. The molecule has 3 aromatic rings. The third kappa shape index (κ3) is 3.42. The molecule has 2 aromatic heterocycles. The molecule has 0 spiro atoms. The Morgan fingerprint density at radius 1 is 1.13 bits per heavy atom. The number of rotatable bonds is 2. The summed E-state index contributed by atoms with van der Waals surface area (Å²) in [6.45, 7) is 0. The minimum atomic E-state index is -4.56. The first kappa shape index (κ1) is 16.8. The van der Waals surface area contributed by atoms with Crippen molar-refractivity contribution in [1.29, 1.82) is 0 Å². The molecule has 120 valence electrons. The minimum Gasteiger partial charge on any atom is -0.297 e. The summed E-state index contributed by atoms with van der Waals surface area (Å²) in [5, 5.41) is 0.641. The number of benzene rings is 1. The second-order valence-corrected chi connectivity index (χ2v) is 7.82. The SMILES string of the molecule is FC(F)(F)c1cn(-c2cc(Cl)ccc2Cl)c(-c2ccc(Br)s2)n1. The molecule has 23 heavy (non-hydrogen) atoms. The molecule has 1 aromatic carbocycles. The van der Waals surface area contributed by atoms with Gasteiger partial charge in [-0.1, -0.05) is 23.2 Å². The van der Waals surface area contributed by atoms with Gasteiger partial charge in [0.1, 0.15) is 0 Å². The number of hydrogen-bond acceptors (Lipinski definition) is 2. The van der Waals surface area contributed by atoms with Gasteiger partial charge in [-0.25, -0.2) is 4.98 Å². The van der Waals surface area contributed by atoms with Crippen LogP contribution in [0.15, 0.2) is 40.3 Å². The zero-order valence-electron chi connectivity index (χ0n) is 11.0. The van der Waals surface area contributed by atoms with Gasteiger partial charge in [-0.2, -0.15) is 13.2 Å². The van der Waals surface area contributed by atoms with E-state index in [1.165, 1.54) is 28.0 Å². The molecule has 0 bridgehead atoms. The lowest BCUT2D eigenvalue weighted by molar-refractivity contribution is -0.140. The summed E-state index contributed by atoms with van der Waals surface area (Å²) >= 11 is 16.6. The average Bonchev–Trinajstić information content (AvgIpc) is 3.07. The third-order valence-corrected chi connectivity index (χ3v) is 5.13. The van der Waals surface area contributed by atoms with E-state index in [-0.39, 0.29) is 10.8 Å². The van der Waals surface area contributed by atoms with Crippen LogP contribution in [0.4, 0.5) is 13.2 Å². The van der Waals surface area contributed by atoms with Gasteiger partial charge in [0.15, 0.2) is 11.5 Å². The number of alkyl halides is 3. The minimum absolute atomic E-state index is 0.150. The molecule has 0 saturated carbocycles. The van der Waals surface area contributed by atoms with E-state index in [9.17, 15) is 13.2 Å². The Labute approximate surface area is 151 Å². The van der Waals surface area contributed by atoms with Crippen LogP contribution in [0.25, 0.3) is 16.4 Å². The van der Waals surface area contributed by atoms with Gasteiger partial charge in [0.2, 0.25) is 0 Å². The van der Waals surface area contributed by atoms with Gasteiger partial charge in [-0.3, -0.25) is 4.57 Å². The fourth-order valence-electron chi connectivity index (χ4n) is 1.98. The third-order valence-electron chi connectivity index (χ3n) is 2.96. The number of halogens is 6. The average molecular weight is 442 g/mol. The van der Waals surface area contributed by atoms with Crippen molar-refractivity contribution < 1.29 is 13.2 Å². The summed E-state index contributed by atoms with van der Waals surface area (Å²) in [5.41, 5.74) is -0.658. The van der Waals surface area contributed by atoms with Crippen LogP contribution in [-0.4, -0.2) is 9.55 Å². The smallest absolute Gasteiger partial charge is 0.297 e. The topological polar surface area (TPSA) is 17.8 Å². The fourth-order valence-corrected chi connectivity index (χ4v) is 3.73. The van der Waals surface area contributed by atoms with Gasteiger partial charge >= 0.3 is 6.18 Å². The Hall–Kier alpha value is -1.02. The van der Waals surface area contributed by atoms with Crippen molar-refractivity contribution in [2.75, 3.05) is 0 Å². The number of thiophene rings is 1. The largest absolute Gasteiger partial charge is 0.434 e. The van der Waals surface area contributed by atoms with Crippen LogP contribution in [0, 0.1) is 0 Å². The van der Waals surface area contributed by atoms with E-state index in [2.05, 4.69) is 20.9 Å². The molecule has 0 aliphatic rings. The second-order valence-electron chi connectivity index (χ2n) is 4.52. The summed E-state index contributed by atoms with van der Waals surface area (Å²) in [6.07, 6.45) is -3.64. The summed E-state index contributed by atoms with van der Waals surface area (Å²) in [7, 11) is 0. The molecule has 0 fully saturated rings. The monoisotopic (exact) mass is 440 g/mol. The predicted molar refractivity (Wildman–Crippen MR) is 89.6 cm³/mol. The normalized spacial score (nSPS) is 11.9. The van der Waals surface area contributed by atoms with Gasteiger partial charge < -0.3 is 0 Å². The van der Waals surface area contributed by atoms with Crippen molar-refractivity contribution in [2.24, 2.45) is 0 Å². The number of imidazole rings is 1. The van der Waals surface area contributed by atoms with E-state index in [0.29, 0.717) is 15.6 Å². The van der Waals surface area contributed by atoms with E-state index in [1.54, 1.807) is 18.2 Å². The Bertz CT molecular complexity index is 873. The Morgan fingerprint density at radius 3 is 2.48 bits per heavy atom. The Morgan fingerprint density at radius 2 is 1.87 bits per heavy atom. The molecule has 0 aliphatic heterocycles. The number of aromatic nitrogens is 2. The first-order valence-electron chi connectivity index (χ1n) is 6.13. The van der Waals surface area contributed by atoms with Gasteiger partial charge in [-0.05, 0) is 46.3 Å². The summed E-state index contributed by atoms with van der Waals surface area (Å²) < 4.78 is 41.3. The van der Waals surface area contributed by atoms with E-state index in [0.717, 1.165) is 9.98 Å². The van der Waals surface area contributed by atoms with Gasteiger partial charge in [0.25, 0.3) is 0 Å². The summed E-state index contributed by atoms with van der Waals surface area (Å²) in [4.78, 5) is 4.31. The predicted octanol–water partition coefficient (Wildman–Crippen LogP) is 6.69. The lowest BCUT2D eigenvalue weighted by Crippen LogP contribution is -2.05. The van der Waals surface area contributed by atoms with Crippen LogP contribution in [0.3, 0.4) is 0 Å². The summed E-state index contributed by atoms with van der Waals surface area (Å²) in [6, 6.07) is 8.02. The van der Waals surface area contributed by atoms with Crippen molar-refractivity contribution in [1.82, 2.24) is 9.55 Å². The maximum atomic E-state index is 13.1. The highest BCUT2D eigenvalue weighted by molar-refractivity contribution is 9.11. The molecule has 0 radical (unpaired) electrons. The molecule has 0 atom stereocenters. The lowest BCUT2D eigenvalue weighted by Gasteiger charge is -2.09. The highest BCUT2D eigenvalue weighted by Gasteiger charge is 2.35. The molecule has 0 saturated heterocycles. The van der Waals surface area contributed by atoms with Crippen molar-refractivity contribution in [3.05, 3.63) is 56.1 Å². The molecule has 3 rings (SSSR count). The fraction of sp³-hybridized carbons (Fsp3) is 0.0714. The molecular formula is C14H6BrCl2F3N2S. The van der Waals surface area contributed by atoms with Crippen molar-refractivity contribution in [3.63, 3.8) is 0 Å². The maximum Gasteiger partial charge on any atom is 0.434 e. The molecule has 2 nitrogen and oxygen atoms in total. The van der Waals surface area contributed by atoms with Gasteiger partial charge in [0, 0.05) is 11.2 Å². The molecular weight excluding hydrogens is 436 g/mol. The van der Waals surface area contributed by atoms with Crippen LogP contribution in [0.1, 0.15) is 5.69 Å². The van der Waals surface area contributed by atoms with Crippen molar-refractivity contribution in [2.45, 2.75) is 6.18 Å². The van der Waals surface area contributed by atoms with Crippen LogP contribution >= 0.6 is 50.5 Å². The zero-order chi connectivity index (χ0) is 16.8. The van der Waals surface area contributed by atoms with Crippen LogP contribution in [-0.2, 0) is 6.18 Å². The van der Waals surface area contributed by atoms with E-state index in [1.807, 2.05) is 0 Å². The van der Waals surface area contributed by atoms with Gasteiger partial charge in [-0.15, -0.1) is 11.3 Å². The molecule has 0 unspecified atom stereocenters. The Balaban J connectivity index is 2.26. The van der Waals surface area contributed by atoms with E-state index in [4.69, 9.17) is 23.2 Å². The van der Waals surface area contributed by atoms with Crippen LogP contribution in [0.5, 0.6) is 0 Å². The van der Waals surface area contributed by atoms with Crippen LogP contribution in [0.2, 0.25) is 10.0 Å². The molecule has 2 heterocycles. The lowest BCUT2D eigenvalue weighted by atomic mass is 10.3. The van der Waals surface area contributed by atoms with E-state index >= 15 is 0 Å². The number of nitrogens with zero attached hydrogens (tertiary/aromatic N) is 2. The first-order chi connectivity index (χ1) is 10.8. The van der Waals surface area contributed by atoms with Gasteiger partial charge in [0.05, 0.1) is 19.4 Å². The first-order valence-corrected chi connectivity index (χ1v) is 8.50. The molecule has 0 N–H and O–H groups in total. The summed E-state index contributed by atoms with van der Waals surface area (Å²) in [5.74, 6) is 0.150. The Kier molecular flexibility index (Phi) is 4.48. The molecule has 0 amide bonds. The highest BCUT2D eigenvalue weighted by Crippen LogP contribution is 2.37. The standard InChI is InChI=1S/C14H6BrCl2F3N2S/c15-12-4-3-10(23-12)13-21-11(14(18,19)20)6-22(13)9-5-7(16)1-2-8(9)17/h1-6H. The number of hydrogen-bond donors (Lipinski definition) is 0. The van der Waals surface area contributed by atoms with Crippen molar-refractivity contribution >= 4 is 50.5 Å². The molecule has 0 aliphatic carbocycles. The van der Waals surface area contributed by atoms with Crippen LogP contribution < -0.4 is 0 Å². The molecule has 9 heteroatoms. The highest BCUT2D eigenvalue weighted by atomic mass is 79.9. The zero-order valence-corrected chi connectivity index (χ0v) is 14.9. The van der Waals surface area contributed by atoms with Crippen molar-refractivity contribution in [3.8, 4) is 16.4 Å². The maximum absolute atomic E-state index is 13.1. The second kappa shape index (κ2) is 6.12. The van der Waals surface area contributed by atoms with E-state index < -0.39 is 11.9 Å².